The Morgan fingerprint density at radius 2 is 1.74 bits per heavy atom. The molecular weight excluding hydrogens is 359 g/mol. The molecule has 1 N–H and O–H groups in total. The summed E-state index contributed by atoms with van der Waals surface area (Å²) < 4.78 is 38.7. The smallest absolute Gasteiger partial charge is 0.378 e. The van der Waals surface area contributed by atoms with Gasteiger partial charge in [-0.25, -0.2) is 4.90 Å². The van der Waals surface area contributed by atoms with Crippen molar-refractivity contribution in [2.45, 2.75) is 18.6 Å². The van der Waals surface area contributed by atoms with Crippen LogP contribution in [0.25, 0.3) is 0 Å². The number of carbonyl (C=O) groups is 2. The number of nitrogens with one attached hydrogen (secondary N) is 1. The van der Waals surface area contributed by atoms with Gasteiger partial charge >= 0.3 is 6.18 Å². The predicted molar refractivity (Wildman–Crippen MR) is 96.7 cm³/mol. The zero-order valence-electron chi connectivity index (χ0n) is 14.7. The summed E-state index contributed by atoms with van der Waals surface area (Å²) in [5.41, 5.74) is 0.640. The second-order valence-electron chi connectivity index (χ2n) is 6.46. The Balaban J connectivity index is 1.79. The van der Waals surface area contributed by atoms with Crippen LogP contribution >= 0.6 is 0 Å². The Labute approximate surface area is 154 Å². The second kappa shape index (κ2) is 6.94. The maximum absolute atomic E-state index is 12.9. The third-order valence-electron chi connectivity index (χ3n) is 4.30. The number of amides is 2. The Bertz CT molecular complexity index is 863. The highest BCUT2D eigenvalue weighted by Gasteiger charge is 2.40. The molecule has 0 spiro atoms. The highest BCUT2D eigenvalue weighted by molar-refractivity contribution is 6.23. The fourth-order valence-electron chi connectivity index (χ4n) is 2.89. The van der Waals surface area contributed by atoms with E-state index in [2.05, 4.69) is 5.32 Å². The van der Waals surface area contributed by atoms with Crippen molar-refractivity contribution >= 4 is 28.9 Å². The first-order valence-corrected chi connectivity index (χ1v) is 8.25. The highest BCUT2D eigenvalue weighted by Crippen LogP contribution is 2.33. The topological polar surface area (TPSA) is 52.7 Å². The molecule has 5 nitrogen and oxygen atoms in total. The number of hydrogen-bond donors (Lipinski definition) is 1. The molecule has 0 saturated carbocycles. The number of rotatable bonds is 4. The maximum Gasteiger partial charge on any atom is 0.416 e. The van der Waals surface area contributed by atoms with Gasteiger partial charge < -0.3 is 10.2 Å². The molecule has 1 aliphatic rings. The van der Waals surface area contributed by atoms with E-state index >= 15 is 0 Å². The number of anilines is 3. The van der Waals surface area contributed by atoms with Crippen molar-refractivity contribution in [2.75, 3.05) is 29.2 Å². The van der Waals surface area contributed by atoms with Gasteiger partial charge in [0.25, 0.3) is 5.91 Å². The number of nitrogens with zero attached hydrogens (tertiary/aromatic N) is 2. The molecule has 1 atom stereocenters. The van der Waals surface area contributed by atoms with Crippen molar-refractivity contribution < 1.29 is 22.8 Å². The molecule has 0 unspecified atom stereocenters. The second-order valence-corrected chi connectivity index (χ2v) is 6.46. The van der Waals surface area contributed by atoms with Crippen LogP contribution in [0.5, 0.6) is 0 Å². The zero-order valence-corrected chi connectivity index (χ0v) is 14.7. The van der Waals surface area contributed by atoms with Crippen molar-refractivity contribution in [1.82, 2.24) is 0 Å². The van der Waals surface area contributed by atoms with E-state index < -0.39 is 29.6 Å². The minimum absolute atomic E-state index is 0.0768. The van der Waals surface area contributed by atoms with Gasteiger partial charge in [-0.15, -0.1) is 0 Å². The van der Waals surface area contributed by atoms with E-state index in [1.807, 2.05) is 31.1 Å². The molecule has 2 aromatic rings. The lowest BCUT2D eigenvalue weighted by Gasteiger charge is -2.18. The van der Waals surface area contributed by atoms with Crippen molar-refractivity contribution in [1.29, 1.82) is 0 Å². The summed E-state index contributed by atoms with van der Waals surface area (Å²) in [6, 6.07) is 10.7. The van der Waals surface area contributed by atoms with E-state index in [0.717, 1.165) is 22.7 Å². The quantitative estimate of drug-likeness (QED) is 0.829. The monoisotopic (exact) mass is 377 g/mol. The van der Waals surface area contributed by atoms with E-state index in [1.54, 1.807) is 12.1 Å². The zero-order chi connectivity index (χ0) is 19.8. The molecule has 1 saturated heterocycles. The first kappa shape index (κ1) is 18.8. The van der Waals surface area contributed by atoms with E-state index in [1.165, 1.54) is 12.1 Å². The minimum Gasteiger partial charge on any atom is -0.378 e. The molecule has 3 rings (SSSR count). The molecule has 2 amide bonds. The van der Waals surface area contributed by atoms with E-state index in [9.17, 15) is 22.8 Å². The highest BCUT2D eigenvalue weighted by atomic mass is 19.4. The largest absolute Gasteiger partial charge is 0.416 e. The summed E-state index contributed by atoms with van der Waals surface area (Å²) in [4.78, 5) is 27.6. The van der Waals surface area contributed by atoms with E-state index in [-0.39, 0.29) is 12.1 Å². The van der Waals surface area contributed by atoms with Gasteiger partial charge in [-0.3, -0.25) is 9.59 Å². The number of benzene rings is 2. The third kappa shape index (κ3) is 3.89. The van der Waals surface area contributed by atoms with Crippen LogP contribution in [0.1, 0.15) is 12.0 Å². The fourth-order valence-corrected chi connectivity index (χ4v) is 2.89. The number of alkyl halides is 3. The predicted octanol–water partition coefficient (Wildman–Crippen LogP) is 3.52. The average molecular weight is 377 g/mol. The van der Waals surface area contributed by atoms with Crippen LogP contribution in [0, 0.1) is 0 Å². The SMILES string of the molecule is CN(C)c1ccc(N[C@@H]2CC(=O)N(c3cccc(C(F)(F)F)c3)C2=O)cc1. The standard InChI is InChI=1S/C19H18F3N3O2/c1-24(2)14-8-6-13(7-9-14)23-16-11-17(26)25(18(16)27)15-5-3-4-12(10-15)19(20,21)22/h3-10,16,23H,11H2,1-2H3/t16-/m1/s1. The van der Waals surface area contributed by atoms with Crippen molar-refractivity contribution in [2.24, 2.45) is 0 Å². The fraction of sp³-hybridized carbons (Fsp3) is 0.263. The van der Waals surface area contributed by atoms with Gasteiger partial charge in [0.15, 0.2) is 0 Å². The number of carbonyl (C=O) groups excluding carboxylic acids is 2. The Hall–Kier alpha value is -3.03. The maximum atomic E-state index is 12.9. The molecule has 142 valence electrons. The van der Waals surface area contributed by atoms with Gasteiger partial charge in [0.05, 0.1) is 17.7 Å². The Kier molecular flexibility index (Phi) is 4.82. The lowest BCUT2D eigenvalue weighted by molar-refractivity contribution is -0.137. The van der Waals surface area contributed by atoms with Gasteiger partial charge in [-0.2, -0.15) is 13.2 Å². The van der Waals surface area contributed by atoms with Crippen LogP contribution in [-0.2, 0) is 15.8 Å². The molecule has 0 aliphatic carbocycles. The lowest BCUT2D eigenvalue weighted by atomic mass is 10.2. The molecular formula is C19H18F3N3O2. The number of imide groups is 1. The molecule has 0 bridgehead atoms. The summed E-state index contributed by atoms with van der Waals surface area (Å²) in [5.74, 6) is -1.11. The molecule has 0 radical (unpaired) electrons. The molecule has 1 heterocycles. The molecule has 27 heavy (non-hydrogen) atoms. The van der Waals surface area contributed by atoms with E-state index in [4.69, 9.17) is 0 Å². The van der Waals surface area contributed by atoms with Crippen LogP contribution < -0.4 is 15.1 Å². The summed E-state index contributed by atoms with van der Waals surface area (Å²) in [5, 5.41) is 2.98. The van der Waals surface area contributed by atoms with Gasteiger partial charge in [0.2, 0.25) is 5.91 Å². The van der Waals surface area contributed by atoms with Gasteiger partial charge in [0.1, 0.15) is 6.04 Å². The lowest BCUT2D eigenvalue weighted by Crippen LogP contribution is -2.35. The van der Waals surface area contributed by atoms with Crippen LogP contribution in [0.4, 0.5) is 30.2 Å². The summed E-state index contributed by atoms with van der Waals surface area (Å²) >= 11 is 0. The van der Waals surface area contributed by atoms with Gasteiger partial charge in [-0.1, -0.05) is 6.07 Å². The van der Waals surface area contributed by atoms with Crippen LogP contribution in [0.2, 0.25) is 0 Å². The number of halogens is 3. The average Bonchev–Trinajstić information content (AvgIpc) is 2.88. The van der Waals surface area contributed by atoms with Gasteiger partial charge in [0, 0.05) is 25.5 Å². The molecule has 1 fully saturated rings. The van der Waals surface area contributed by atoms with Crippen molar-refractivity contribution in [3.63, 3.8) is 0 Å². The van der Waals surface area contributed by atoms with Crippen molar-refractivity contribution in [3.05, 3.63) is 54.1 Å². The van der Waals surface area contributed by atoms with Crippen LogP contribution in [0.15, 0.2) is 48.5 Å². The van der Waals surface area contributed by atoms with Gasteiger partial charge in [-0.05, 0) is 42.5 Å². The number of hydrogen-bond acceptors (Lipinski definition) is 4. The summed E-state index contributed by atoms with van der Waals surface area (Å²) in [6.07, 6.45) is -4.67. The minimum atomic E-state index is -4.55. The first-order valence-electron chi connectivity index (χ1n) is 8.25. The Morgan fingerprint density at radius 3 is 2.33 bits per heavy atom. The first-order chi connectivity index (χ1) is 12.7. The van der Waals surface area contributed by atoms with Crippen molar-refractivity contribution in [3.8, 4) is 0 Å². The van der Waals surface area contributed by atoms with Crippen LogP contribution in [-0.4, -0.2) is 32.0 Å². The molecule has 1 aliphatic heterocycles. The molecule has 8 heteroatoms. The molecule has 2 aromatic carbocycles. The normalized spacial score (nSPS) is 17.4. The van der Waals surface area contributed by atoms with E-state index in [0.29, 0.717) is 5.69 Å². The third-order valence-corrected chi connectivity index (χ3v) is 4.30. The van der Waals surface area contributed by atoms with Crippen LogP contribution in [0.3, 0.4) is 0 Å². The summed E-state index contributed by atoms with van der Waals surface area (Å²) in [6.45, 7) is 0. The Morgan fingerprint density at radius 1 is 1.07 bits per heavy atom. The molecule has 0 aromatic heterocycles. The summed E-state index contributed by atoms with van der Waals surface area (Å²) in [7, 11) is 3.79.